The average Bonchev–Trinajstić information content (AvgIpc) is 3.41. The second-order valence-corrected chi connectivity index (χ2v) is 8.40. The molecule has 0 saturated carbocycles. The van der Waals surface area contributed by atoms with Crippen LogP contribution in [0.2, 0.25) is 0 Å². The number of nitrogens with zero attached hydrogens (tertiary/aromatic N) is 5. The number of piperazine rings is 1. The Bertz CT molecular complexity index is 1090. The minimum Gasteiger partial charge on any atom is -0.367 e. The molecule has 0 bridgehead atoms. The van der Waals surface area contributed by atoms with Gasteiger partial charge >= 0.3 is 11.8 Å². The normalized spacial score (nSPS) is 14.9. The Morgan fingerprint density at radius 3 is 2.49 bits per heavy atom. The van der Waals surface area contributed by atoms with Gasteiger partial charge in [0.1, 0.15) is 5.82 Å². The highest BCUT2D eigenvalue weighted by Gasteiger charge is 2.27. The minimum atomic E-state index is -0.661. The number of carbonyl (C=O) groups is 2. The molecule has 184 valence electrons. The lowest BCUT2D eigenvalue weighted by Gasteiger charge is -2.40. The molecule has 2 N–H and O–H groups in total. The summed E-state index contributed by atoms with van der Waals surface area (Å²) < 4.78 is 16.1. The van der Waals surface area contributed by atoms with Crippen molar-refractivity contribution in [1.82, 2.24) is 30.1 Å². The lowest BCUT2D eigenvalue weighted by atomic mass is 10.1. The third-order valence-electron chi connectivity index (χ3n) is 6.12. The van der Waals surface area contributed by atoms with Crippen molar-refractivity contribution in [2.24, 2.45) is 0 Å². The van der Waals surface area contributed by atoms with E-state index in [0.717, 1.165) is 5.56 Å². The third kappa shape index (κ3) is 6.63. The van der Waals surface area contributed by atoms with Crippen LogP contribution < -0.4 is 15.5 Å². The molecule has 3 aromatic rings. The Morgan fingerprint density at radius 1 is 0.971 bits per heavy atom. The molecule has 0 spiro atoms. The Morgan fingerprint density at radius 2 is 1.77 bits per heavy atom. The Labute approximate surface area is 204 Å². The van der Waals surface area contributed by atoms with Gasteiger partial charge in [0.15, 0.2) is 0 Å². The molecular weight excluding hydrogens is 449 g/mol. The van der Waals surface area contributed by atoms with Crippen molar-refractivity contribution in [2.75, 3.05) is 44.2 Å². The van der Waals surface area contributed by atoms with E-state index in [1.165, 1.54) is 6.07 Å². The monoisotopic (exact) mass is 479 g/mol. The van der Waals surface area contributed by atoms with E-state index in [9.17, 15) is 14.0 Å². The van der Waals surface area contributed by atoms with Crippen LogP contribution in [0.5, 0.6) is 0 Å². The van der Waals surface area contributed by atoms with Crippen LogP contribution in [0.1, 0.15) is 18.0 Å². The maximum atomic E-state index is 14.2. The molecule has 1 aliphatic rings. The number of carbonyl (C=O) groups excluding carboxylic acids is 2. The van der Waals surface area contributed by atoms with E-state index in [-0.39, 0.29) is 18.4 Å². The highest BCUT2D eigenvalue weighted by Crippen LogP contribution is 2.25. The summed E-state index contributed by atoms with van der Waals surface area (Å²) in [6, 6.07) is 10.4. The van der Waals surface area contributed by atoms with Crippen LogP contribution in [0.3, 0.4) is 0 Å². The molecule has 1 fully saturated rings. The Kier molecular flexibility index (Phi) is 8.39. The number of halogens is 1. The van der Waals surface area contributed by atoms with Gasteiger partial charge < -0.3 is 20.1 Å². The zero-order valence-electron chi connectivity index (χ0n) is 19.5. The lowest BCUT2D eigenvalue weighted by molar-refractivity contribution is -0.139. The van der Waals surface area contributed by atoms with Gasteiger partial charge in [0.2, 0.25) is 0 Å². The summed E-state index contributed by atoms with van der Waals surface area (Å²) in [6.07, 6.45) is 9.43. The first-order valence-electron chi connectivity index (χ1n) is 11.8. The fraction of sp³-hybridized carbons (Fsp3) is 0.360. The number of nitrogens with one attached hydrogen (secondary N) is 2. The molecule has 1 atom stereocenters. The lowest BCUT2D eigenvalue weighted by Crippen LogP contribution is -2.51. The van der Waals surface area contributed by atoms with E-state index >= 15 is 0 Å². The van der Waals surface area contributed by atoms with E-state index in [1.54, 1.807) is 37.1 Å². The molecule has 10 heteroatoms. The number of para-hydroxylation sites is 1. The first kappa shape index (κ1) is 24.3. The number of amides is 2. The summed E-state index contributed by atoms with van der Waals surface area (Å²) in [5.74, 6) is -1.54. The van der Waals surface area contributed by atoms with Gasteiger partial charge in [0.05, 0.1) is 18.1 Å². The highest BCUT2D eigenvalue weighted by molar-refractivity contribution is 6.35. The van der Waals surface area contributed by atoms with Crippen molar-refractivity contribution in [3.8, 4) is 0 Å². The predicted molar refractivity (Wildman–Crippen MR) is 130 cm³/mol. The summed E-state index contributed by atoms with van der Waals surface area (Å²) >= 11 is 0. The van der Waals surface area contributed by atoms with Crippen LogP contribution in [0.15, 0.2) is 67.5 Å². The molecule has 0 radical (unpaired) electrons. The van der Waals surface area contributed by atoms with Crippen molar-refractivity contribution in [3.63, 3.8) is 0 Å². The highest BCUT2D eigenvalue weighted by atomic mass is 19.1. The molecule has 0 unspecified atom stereocenters. The van der Waals surface area contributed by atoms with Gasteiger partial charge in [-0.1, -0.05) is 18.2 Å². The zero-order valence-corrected chi connectivity index (χ0v) is 19.5. The quantitative estimate of drug-likeness (QED) is 0.358. The van der Waals surface area contributed by atoms with Crippen LogP contribution >= 0.6 is 0 Å². The standard InChI is InChI=1S/C25H30FN7O2/c26-21-6-1-2-7-22(21)32-13-15-33(16-14-32)23(20-5-3-8-27-17-20)18-30-25(35)24(34)29-9-4-11-31-12-10-28-19-31/h1-3,5-8,10,12,17,19,23H,4,9,11,13-16,18H2,(H,29,34)(H,30,35)/t23-/m0/s1. The number of aryl methyl sites for hydroxylation is 1. The van der Waals surface area contributed by atoms with E-state index < -0.39 is 11.8 Å². The molecule has 1 saturated heterocycles. The summed E-state index contributed by atoms with van der Waals surface area (Å²) in [7, 11) is 0. The van der Waals surface area contributed by atoms with Gasteiger partial charge in [-0.15, -0.1) is 0 Å². The second-order valence-electron chi connectivity index (χ2n) is 8.40. The molecule has 2 amide bonds. The SMILES string of the molecule is O=C(NCCCn1ccnc1)C(=O)NC[C@@H](c1cccnc1)N1CCN(c2ccccc2F)CC1. The summed E-state index contributed by atoms with van der Waals surface area (Å²) in [5.41, 5.74) is 1.55. The third-order valence-corrected chi connectivity index (χ3v) is 6.12. The molecule has 3 heterocycles. The largest absolute Gasteiger partial charge is 0.367 e. The van der Waals surface area contributed by atoms with Crippen molar-refractivity contribution >= 4 is 17.5 Å². The van der Waals surface area contributed by atoms with Crippen LogP contribution in [0.25, 0.3) is 0 Å². The maximum absolute atomic E-state index is 14.2. The number of anilines is 1. The van der Waals surface area contributed by atoms with Crippen LogP contribution in [-0.4, -0.2) is 70.5 Å². The molecular formula is C25H30FN7O2. The van der Waals surface area contributed by atoms with Gasteiger partial charge in [0.25, 0.3) is 0 Å². The fourth-order valence-corrected chi connectivity index (χ4v) is 4.25. The maximum Gasteiger partial charge on any atom is 0.309 e. The van der Waals surface area contributed by atoms with E-state index in [4.69, 9.17) is 0 Å². The van der Waals surface area contributed by atoms with E-state index in [0.29, 0.717) is 51.4 Å². The fourth-order valence-electron chi connectivity index (χ4n) is 4.25. The number of pyridine rings is 1. The van der Waals surface area contributed by atoms with Gasteiger partial charge in [-0.2, -0.15) is 0 Å². The minimum absolute atomic E-state index is 0.149. The number of imidazole rings is 1. The summed E-state index contributed by atoms with van der Waals surface area (Å²) in [6.45, 7) is 4.06. The van der Waals surface area contributed by atoms with Gasteiger partial charge in [-0.05, 0) is 30.2 Å². The van der Waals surface area contributed by atoms with E-state index in [1.807, 2.05) is 33.9 Å². The van der Waals surface area contributed by atoms with Crippen LogP contribution in [0, 0.1) is 5.82 Å². The first-order valence-corrected chi connectivity index (χ1v) is 11.8. The molecule has 0 aliphatic carbocycles. The van der Waals surface area contributed by atoms with Crippen LogP contribution in [-0.2, 0) is 16.1 Å². The number of hydrogen-bond acceptors (Lipinski definition) is 6. The Balaban J connectivity index is 1.30. The Hall–Kier alpha value is -3.79. The number of rotatable bonds is 9. The van der Waals surface area contributed by atoms with Crippen molar-refractivity contribution in [1.29, 1.82) is 0 Å². The summed E-state index contributed by atoms with van der Waals surface area (Å²) in [4.78, 5) is 37.1. The smallest absolute Gasteiger partial charge is 0.309 e. The van der Waals surface area contributed by atoms with Crippen LogP contribution in [0.4, 0.5) is 10.1 Å². The molecule has 2 aromatic heterocycles. The summed E-state index contributed by atoms with van der Waals surface area (Å²) in [5, 5.41) is 5.44. The van der Waals surface area contributed by atoms with Crippen molar-refractivity contribution in [3.05, 3.63) is 78.9 Å². The van der Waals surface area contributed by atoms with E-state index in [2.05, 4.69) is 25.5 Å². The molecule has 35 heavy (non-hydrogen) atoms. The van der Waals surface area contributed by atoms with Crippen molar-refractivity contribution in [2.45, 2.75) is 19.0 Å². The predicted octanol–water partition coefficient (Wildman–Crippen LogP) is 1.60. The average molecular weight is 480 g/mol. The van der Waals surface area contributed by atoms with Gasteiger partial charge in [-0.3, -0.25) is 19.5 Å². The first-order chi connectivity index (χ1) is 17.1. The second kappa shape index (κ2) is 12.1. The van der Waals surface area contributed by atoms with Gasteiger partial charge in [0, 0.05) is 70.6 Å². The molecule has 9 nitrogen and oxygen atoms in total. The molecule has 1 aliphatic heterocycles. The number of hydrogen-bond donors (Lipinski definition) is 2. The number of benzene rings is 1. The van der Waals surface area contributed by atoms with Crippen molar-refractivity contribution < 1.29 is 14.0 Å². The zero-order chi connectivity index (χ0) is 24.5. The number of aromatic nitrogens is 3. The van der Waals surface area contributed by atoms with Gasteiger partial charge in [-0.25, -0.2) is 9.37 Å². The molecule has 4 rings (SSSR count). The topological polar surface area (TPSA) is 95.4 Å². The molecule has 1 aromatic carbocycles.